The number of allylic oxidation sites excluding steroid dienone is 1. The van der Waals surface area contributed by atoms with E-state index in [1.807, 2.05) is 0 Å². The molecule has 3 rings (SSSR count). The van der Waals surface area contributed by atoms with Crippen LogP contribution in [0.1, 0.15) is 6.92 Å². The first-order valence-electron chi connectivity index (χ1n) is 6.95. The first-order chi connectivity index (χ1) is 11.7. The van der Waals surface area contributed by atoms with Crippen molar-refractivity contribution in [3.05, 3.63) is 29.5 Å². The number of fused-ring (bicyclic) bond motifs is 1. The van der Waals surface area contributed by atoms with E-state index < -0.39 is 23.2 Å². The zero-order chi connectivity index (χ0) is 18.4. The van der Waals surface area contributed by atoms with Gasteiger partial charge in [-0.3, -0.25) is 4.79 Å². The monoisotopic (exact) mass is 368 g/mol. The third-order valence-corrected chi connectivity index (χ3v) is 4.75. The highest BCUT2D eigenvalue weighted by molar-refractivity contribution is 7.22. The predicted molar refractivity (Wildman–Crippen MR) is 85.0 cm³/mol. The second kappa shape index (κ2) is 5.63. The summed E-state index contributed by atoms with van der Waals surface area (Å²) in [5, 5.41) is 13.3. The number of amides is 1. The molecule has 0 saturated heterocycles. The number of hydrogen-bond acceptors (Lipinski definition) is 6. The first-order valence-corrected chi connectivity index (χ1v) is 7.77. The van der Waals surface area contributed by atoms with Gasteiger partial charge in [0.05, 0.1) is 29.0 Å². The smallest absolute Gasteiger partial charge is 0.425 e. The lowest BCUT2D eigenvalue weighted by Gasteiger charge is -2.30. The van der Waals surface area contributed by atoms with E-state index in [2.05, 4.69) is 15.6 Å². The van der Waals surface area contributed by atoms with Crippen LogP contribution in [-0.4, -0.2) is 29.7 Å². The van der Waals surface area contributed by atoms with E-state index in [1.165, 1.54) is 20.1 Å². The Morgan fingerprint density at radius 3 is 2.76 bits per heavy atom. The number of aromatic nitrogens is 1. The standard InChI is InChI=1S/C15H11F3N4O2S/c1-7-9(6-19)14(12(23)20-7,15(16,17)18)22-13-21-10-4-3-8(24-2)5-11(10)25-13/h3-5H,1-2H3,(H,20,23)(H,21,22)/t14-/m0/s1. The molecule has 1 aromatic carbocycles. The number of nitriles is 1. The number of carbonyl (C=O) groups is 1. The summed E-state index contributed by atoms with van der Waals surface area (Å²) < 4.78 is 47.0. The average molecular weight is 368 g/mol. The molecule has 0 saturated carbocycles. The molecule has 2 N–H and O–H groups in total. The Morgan fingerprint density at radius 2 is 2.16 bits per heavy atom. The van der Waals surface area contributed by atoms with Crippen molar-refractivity contribution >= 4 is 32.6 Å². The molecule has 2 aromatic rings. The molecule has 6 nitrogen and oxygen atoms in total. The largest absolute Gasteiger partial charge is 0.497 e. The minimum Gasteiger partial charge on any atom is -0.497 e. The quantitative estimate of drug-likeness (QED) is 0.870. The van der Waals surface area contributed by atoms with Gasteiger partial charge in [0.1, 0.15) is 5.75 Å². The van der Waals surface area contributed by atoms with E-state index in [4.69, 9.17) is 10.00 Å². The molecule has 0 fully saturated rings. The zero-order valence-corrected chi connectivity index (χ0v) is 13.8. The number of alkyl halides is 3. The Balaban J connectivity index is 2.12. The number of nitrogens with one attached hydrogen (secondary N) is 2. The lowest BCUT2D eigenvalue weighted by Crippen LogP contribution is -2.59. The molecule has 2 heterocycles. The van der Waals surface area contributed by atoms with Gasteiger partial charge in [-0.2, -0.15) is 18.4 Å². The maximum absolute atomic E-state index is 13.8. The van der Waals surface area contributed by atoms with Crippen LogP contribution in [0.5, 0.6) is 5.75 Å². The number of carbonyl (C=O) groups excluding carboxylic acids is 1. The van der Waals surface area contributed by atoms with Crippen molar-refractivity contribution in [2.24, 2.45) is 0 Å². The van der Waals surface area contributed by atoms with Gasteiger partial charge in [0.15, 0.2) is 5.13 Å². The van der Waals surface area contributed by atoms with Crippen molar-refractivity contribution in [3.63, 3.8) is 0 Å². The summed E-state index contributed by atoms with van der Waals surface area (Å²) in [5.74, 6) is -0.828. The van der Waals surface area contributed by atoms with Gasteiger partial charge in [-0.25, -0.2) is 4.98 Å². The lowest BCUT2D eigenvalue weighted by atomic mass is 9.90. The molecular formula is C15H11F3N4O2S. The normalized spacial score (nSPS) is 20.6. The molecular weight excluding hydrogens is 357 g/mol. The molecule has 0 aliphatic carbocycles. The summed E-state index contributed by atoms with van der Waals surface area (Å²) in [7, 11) is 1.47. The van der Waals surface area contributed by atoms with Crippen LogP contribution in [0.3, 0.4) is 0 Å². The van der Waals surface area contributed by atoms with Crippen molar-refractivity contribution < 1.29 is 22.7 Å². The van der Waals surface area contributed by atoms with Crippen LogP contribution >= 0.6 is 11.3 Å². The summed E-state index contributed by atoms with van der Waals surface area (Å²) >= 11 is 0.930. The Labute approximate surface area is 143 Å². The number of hydrogen-bond donors (Lipinski definition) is 2. The Hall–Kier alpha value is -2.80. The molecule has 1 aliphatic heterocycles. The number of thiazole rings is 1. The van der Waals surface area contributed by atoms with Crippen LogP contribution in [0.15, 0.2) is 29.5 Å². The van der Waals surface area contributed by atoms with Crippen molar-refractivity contribution in [1.29, 1.82) is 5.26 Å². The molecule has 1 aliphatic rings. The minimum atomic E-state index is -5.03. The lowest BCUT2D eigenvalue weighted by molar-refractivity contribution is -0.174. The number of benzene rings is 1. The third-order valence-electron chi connectivity index (χ3n) is 3.82. The number of anilines is 1. The Bertz CT molecular complexity index is 944. The number of nitrogens with zero attached hydrogens (tertiary/aromatic N) is 2. The second-order valence-corrected chi connectivity index (χ2v) is 6.32. The van der Waals surface area contributed by atoms with Crippen LogP contribution in [0, 0.1) is 11.3 Å². The molecule has 0 unspecified atom stereocenters. The van der Waals surface area contributed by atoms with Gasteiger partial charge in [0.25, 0.3) is 11.4 Å². The highest BCUT2D eigenvalue weighted by Crippen LogP contribution is 2.44. The molecule has 0 bridgehead atoms. The number of halogens is 3. The number of rotatable bonds is 3. The molecule has 130 valence electrons. The van der Waals surface area contributed by atoms with Crippen molar-refractivity contribution in [2.75, 3.05) is 12.4 Å². The summed E-state index contributed by atoms with van der Waals surface area (Å²) in [4.78, 5) is 16.2. The number of methoxy groups -OCH3 is 1. The number of ether oxygens (including phenoxy) is 1. The van der Waals surface area contributed by atoms with Crippen LogP contribution in [0.25, 0.3) is 10.2 Å². The van der Waals surface area contributed by atoms with Gasteiger partial charge in [0, 0.05) is 5.70 Å². The third kappa shape index (κ3) is 2.47. The molecule has 1 atom stereocenters. The fourth-order valence-electron chi connectivity index (χ4n) is 2.60. The van der Waals surface area contributed by atoms with E-state index in [0.29, 0.717) is 16.0 Å². The topological polar surface area (TPSA) is 87.0 Å². The first kappa shape index (κ1) is 17.0. The van der Waals surface area contributed by atoms with E-state index >= 15 is 0 Å². The Morgan fingerprint density at radius 1 is 1.44 bits per heavy atom. The van der Waals surface area contributed by atoms with Gasteiger partial charge in [-0.05, 0) is 25.1 Å². The van der Waals surface area contributed by atoms with Gasteiger partial charge in [-0.15, -0.1) is 0 Å². The van der Waals surface area contributed by atoms with Gasteiger partial charge in [0.2, 0.25) is 0 Å². The molecule has 1 amide bonds. The maximum atomic E-state index is 13.8. The SMILES string of the molecule is COc1ccc2nc(N[C@]3(C(F)(F)F)C(=O)NC(C)=C3C#N)sc2c1. The fourth-order valence-corrected chi connectivity index (χ4v) is 3.55. The summed E-state index contributed by atoms with van der Waals surface area (Å²) in [6, 6.07) is 6.33. The predicted octanol–water partition coefficient (Wildman–Crippen LogP) is 2.95. The van der Waals surface area contributed by atoms with E-state index in [-0.39, 0.29) is 10.8 Å². The van der Waals surface area contributed by atoms with E-state index in [0.717, 1.165) is 11.3 Å². The van der Waals surface area contributed by atoms with Crippen LogP contribution in [0.2, 0.25) is 0 Å². The zero-order valence-electron chi connectivity index (χ0n) is 13.0. The van der Waals surface area contributed by atoms with Crippen molar-refractivity contribution in [2.45, 2.75) is 18.6 Å². The summed E-state index contributed by atoms with van der Waals surface area (Å²) in [6.07, 6.45) is -5.03. The van der Waals surface area contributed by atoms with Gasteiger partial charge < -0.3 is 15.4 Å². The molecule has 25 heavy (non-hydrogen) atoms. The second-order valence-electron chi connectivity index (χ2n) is 5.29. The van der Waals surface area contributed by atoms with E-state index in [1.54, 1.807) is 18.2 Å². The van der Waals surface area contributed by atoms with Gasteiger partial charge >= 0.3 is 6.18 Å². The van der Waals surface area contributed by atoms with Crippen molar-refractivity contribution in [3.8, 4) is 11.8 Å². The molecule has 0 spiro atoms. The van der Waals surface area contributed by atoms with E-state index in [9.17, 15) is 18.0 Å². The minimum absolute atomic E-state index is 0.127. The molecule has 10 heteroatoms. The molecule has 0 radical (unpaired) electrons. The average Bonchev–Trinajstić information content (AvgIpc) is 3.04. The highest BCUT2D eigenvalue weighted by Gasteiger charge is 2.67. The maximum Gasteiger partial charge on any atom is 0.425 e. The van der Waals surface area contributed by atoms with Crippen LogP contribution < -0.4 is 15.4 Å². The fraction of sp³-hybridized carbons (Fsp3) is 0.267. The summed E-state index contributed by atoms with van der Waals surface area (Å²) in [5.41, 5.74) is -3.57. The van der Waals surface area contributed by atoms with Crippen LogP contribution in [-0.2, 0) is 4.79 Å². The van der Waals surface area contributed by atoms with Gasteiger partial charge in [-0.1, -0.05) is 11.3 Å². The Kier molecular flexibility index (Phi) is 3.84. The highest BCUT2D eigenvalue weighted by atomic mass is 32.1. The molecule has 1 aromatic heterocycles. The van der Waals surface area contributed by atoms with Crippen LogP contribution in [0.4, 0.5) is 18.3 Å². The van der Waals surface area contributed by atoms with Crippen molar-refractivity contribution in [1.82, 2.24) is 10.3 Å². The summed E-state index contributed by atoms with van der Waals surface area (Å²) in [6.45, 7) is 1.24.